The number of nitrogens with one attached hydrogen (secondary N) is 1. The molecule has 1 aromatic heterocycles. The number of H-pyrrole nitrogens is 1. The zero-order valence-electron chi connectivity index (χ0n) is 13.6. The number of benzene rings is 1. The second-order valence-electron chi connectivity index (χ2n) is 6.07. The second kappa shape index (κ2) is 6.65. The number of carbonyl (C=O) groups is 2. The average molecular weight is 347 g/mol. The Balaban J connectivity index is 1.82. The molecule has 3 rings (SSSR count). The predicted molar refractivity (Wildman–Crippen MR) is 91.8 cm³/mol. The van der Waals surface area contributed by atoms with E-state index in [-0.39, 0.29) is 11.8 Å². The summed E-state index contributed by atoms with van der Waals surface area (Å²) in [6.45, 7) is 0.578. The number of amides is 2. The highest BCUT2D eigenvalue weighted by Crippen LogP contribution is 2.24. The lowest BCUT2D eigenvalue weighted by Crippen LogP contribution is -2.45. The third kappa shape index (κ3) is 3.14. The van der Waals surface area contributed by atoms with Crippen LogP contribution < -0.4 is 0 Å². The molecule has 0 bridgehead atoms. The maximum Gasteiger partial charge on any atom is 0.272 e. The van der Waals surface area contributed by atoms with Crippen molar-refractivity contribution in [3.05, 3.63) is 41.0 Å². The minimum atomic E-state index is -0.398. The molecule has 2 amide bonds. The lowest BCUT2D eigenvalue weighted by Gasteiger charge is -2.25. The highest BCUT2D eigenvalue weighted by molar-refractivity contribution is 6.30. The average Bonchev–Trinajstić information content (AvgIpc) is 3.23. The van der Waals surface area contributed by atoms with Gasteiger partial charge in [-0.15, -0.1) is 0 Å². The van der Waals surface area contributed by atoms with Gasteiger partial charge in [0.25, 0.3) is 5.91 Å². The van der Waals surface area contributed by atoms with Crippen LogP contribution in [-0.2, 0) is 4.79 Å². The van der Waals surface area contributed by atoms with Crippen LogP contribution in [0.1, 0.15) is 23.3 Å². The highest BCUT2D eigenvalue weighted by Gasteiger charge is 2.35. The number of hydrogen-bond donors (Lipinski definition) is 1. The van der Waals surface area contributed by atoms with E-state index >= 15 is 0 Å². The fourth-order valence-corrected chi connectivity index (χ4v) is 3.14. The highest BCUT2D eigenvalue weighted by atomic mass is 35.5. The number of nitrogens with zero attached hydrogens (tertiary/aromatic N) is 3. The molecule has 0 spiro atoms. The zero-order chi connectivity index (χ0) is 17.3. The molecule has 1 aliphatic heterocycles. The summed E-state index contributed by atoms with van der Waals surface area (Å²) in [5, 5.41) is 7.59. The number of aromatic nitrogens is 2. The van der Waals surface area contributed by atoms with Crippen LogP contribution in [0, 0.1) is 0 Å². The molecule has 2 heterocycles. The van der Waals surface area contributed by atoms with Gasteiger partial charge < -0.3 is 9.80 Å². The molecule has 126 valence electrons. The van der Waals surface area contributed by atoms with Gasteiger partial charge in [0.1, 0.15) is 11.7 Å². The summed E-state index contributed by atoms with van der Waals surface area (Å²) >= 11 is 6.00. The monoisotopic (exact) mass is 346 g/mol. The topological polar surface area (TPSA) is 69.3 Å². The first kappa shape index (κ1) is 16.5. The first-order chi connectivity index (χ1) is 11.5. The van der Waals surface area contributed by atoms with E-state index in [0.29, 0.717) is 29.4 Å². The quantitative estimate of drug-likeness (QED) is 0.928. The number of hydrogen-bond acceptors (Lipinski definition) is 3. The summed E-state index contributed by atoms with van der Waals surface area (Å²) in [5.74, 6) is -0.246. The summed E-state index contributed by atoms with van der Waals surface area (Å²) < 4.78 is 0. The molecule has 0 unspecified atom stereocenters. The molecule has 24 heavy (non-hydrogen) atoms. The van der Waals surface area contributed by atoms with E-state index in [9.17, 15) is 9.59 Å². The fourth-order valence-electron chi connectivity index (χ4n) is 2.95. The Morgan fingerprint density at radius 1 is 1.33 bits per heavy atom. The van der Waals surface area contributed by atoms with Crippen LogP contribution in [0.3, 0.4) is 0 Å². The number of halogens is 1. The third-order valence-corrected chi connectivity index (χ3v) is 4.40. The number of rotatable bonds is 3. The van der Waals surface area contributed by atoms with E-state index in [0.717, 1.165) is 12.0 Å². The van der Waals surface area contributed by atoms with Crippen molar-refractivity contribution in [1.29, 1.82) is 0 Å². The van der Waals surface area contributed by atoms with Gasteiger partial charge in [-0.1, -0.05) is 23.7 Å². The molecule has 7 heteroatoms. The molecule has 0 radical (unpaired) electrons. The maximum absolute atomic E-state index is 12.8. The Bertz CT molecular complexity index is 771. The molecule has 6 nitrogen and oxygen atoms in total. The van der Waals surface area contributed by atoms with Gasteiger partial charge in [-0.05, 0) is 31.0 Å². The Morgan fingerprint density at radius 2 is 2.12 bits per heavy atom. The molecular formula is C17H19ClN4O2. The maximum atomic E-state index is 12.8. The lowest BCUT2D eigenvalue weighted by molar-refractivity contribution is -0.132. The van der Waals surface area contributed by atoms with Gasteiger partial charge in [-0.2, -0.15) is 5.10 Å². The number of aromatic amines is 1. The molecule has 1 atom stereocenters. The first-order valence-corrected chi connectivity index (χ1v) is 8.18. The van der Waals surface area contributed by atoms with Crippen molar-refractivity contribution in [3.8, 4) is 11.3 Å². The van der Waals surface area contributed by atoms with Crippen molar-refractivity contribution in [2.24, 2.45) is 0 Å². The molecule has 1 N–H and O–H groups in total. The summed E-state index contributed by atoms with van der Waals surface area (Å²) in [5.41, 5.74) is 1.86. The molecule has 0 saturated carbocycles. The first-order valence-electron chi connectivity index (χ1n) is 7.81. The summed E-state index contributed by atoms with van der Waals surface area (Å²) in [7, 11) is 3.41. The normalized spacial score (nSPS) is 17.1. The van der Waals surface area contributed by atoms with Crippen molar-refractivity contribution >= 4 is 23.4 Å². The molecular weight excluding hydrogens is 328 g/mol. The van der Waals surface area contributed by atoms with Crippen LogP contribution in [-0.4, -0.2) is 58.5 Å². The van der Waals surface area contributed by atoms with E-state index in [1.165, 1.54) is 4.90 Å². The molecule has 0 aliphatic carbocycles. The summed E-state index contributed by atoms with van der Waals surface area (Å²) in [6, 6.07) is 8.59. The smallest absolute Gasteiger partial charge is 0.272 e. The van der Waals surface area contributed by atoms with Crippen LogP contribution >= 0.6 is 11.6 Å². The van der Waals surface area contributed by atoms with Crippen LogP contribution in [0.15, 0.2) is 30.3 Å². The predicted octanol–water partition coefficient (Wildman–Crippen LogP) is 2.42. The van der Waals surface area contributed by atoms with E-state index in [2.05, 4.69) is 10.2 Å². The number of likely N-dealkylation sites (N-methyl/N-ethyl adjacent to an activating group) is 1. The second-order valence-corrected chi connectivity index (χ2v) is 6.50. The Hall–Kier alpha value is -2.34. The van der Waals surface area contributed by atoms with Gasteiger partial charge in [-0.3, -0.25) is 14.7 Å². The van der Waals surface area contributed by atoms with Crippen molar-refractivity contribution in [3.63, 3.8) is 0 Å². The largest absolute Gasteiger partial charge is 0.347 e. The van der Waals surface area contributed by atoms with Crippen molar-refractivity contribution < 1.29 is 9.59 Å². The summed E-state index contributed by atoms with van der Waals surface area (Å²) in [6.07, 6.45) is 1.52. The lowest BCUT2D eigenvalue weighted by atomic mass is 10.1. The van der Waals surface area contributed by atoms with E-state index in [1.54, 1.807) is 37.2 Å². The van der Waals surface area contributed by atoms with Crippen molar-refractivity contribution in [1.82, 2.24) is 20.0 Å². The minimum Gasteiger partial charge on any atom is -0.347 e. The third-order valence-electron chi connectivity index (χ3n) is 4.17. The standard InChI is InChI=1S/C17H19ClN4O2/c1-21(2)17(24)15-7-4-8-22(15)16(23)14-10-13(19-20-14)11-5-3-6-12(18)9-11/h3,5-6,9-10,15H,4,7-8H2,1-2H3,(H,19,20)/t15-/m0/s1. The Morgan fingerprint density at radius 3 is 2.83 bits per heavy atom. The van der Waals surface area contributed by atoms with E-state index < -0.39 is 6.04 Å². The van der Waals surface area contributed by atoms with Crippen molar-refractivity contribution in [2.75, 3.05) is 20.6 Å². The SMILES string of the molecule is CN(C)C(=O)[C@@H]1CCCN1C(=O)c1cc(-c2cccc(Cl)c2)n[nH]1. The van der Waals surface area contributed by atoms with Gasteiger partial charge in [0.2, 0.25) is 5.91 Å². The molecule has 1 aliphatic rings. The molecule has 1 fully saturated rings. The van der Waals surface area contributed by atoms with Gasteiger partial charge in [0.15, 0.2) is 0 Å². The van der Waals surface area contributed by atoms with E-state index in [4.69, 9.17) is 11.6 Å². The zero-order valence-corrected chi connectivity index (χ0v) is 14.4. The van der Waals surface area contributed by atoms with Crippen LogP contribution in [0.5, 0.6) is 0 Å². The van der Waals surface area contributed by atoms with Gasteiger partial charge in [0.05, 0.1) is 5.69 Å². The van der Waals surface area contributed by atoms with Gasteiger partial charge in [0, 0.05) is 31.2 Å². The Kier molecular flexibility index (Phi) is 4.57. The van der Waals surface area contributed by atoms with Gasteiger partial charge in [-0.25, -0.2) is 0 Å². The summed E-state index contributed by atoms with van der Waals surface area (Å²) in [4.78, 5) is 28.2. The van der Waals surface area contributed by atoms with Crippen LogP contribution in [0.25, 0.3) is 11.3 Å². The van der Waals surface area contributed by atoms with Crippen LogP contribution in [0.2, 0.25) is 5.02 Å². The number of likely N-dealkylation sites (tertiary alicyclic amines) is 1. The molecule has 1 aromatic carbocycles. The molecule has 2 aromatic rings. The van der Waals surface area contributed by atoms with E-state index in [1.807, 2.05) is 12.1 Å². The Labute approximate surface area is 145 Å². The fraction of sp³-hybridized carbons (Fsp3) is 0.353. The number of carbonyl (C=O) groups excluding carboxylic acids is 2. The minimum absolute atomic E-state index is 0.0459. The van der Waals surface area contributed by atoms with Crippen molar-refractivity contribution in [2.45, 2.75) is 18.9 Å². The van der Waals surface area contributed by atoms with Gasteiger partial charge >= 0.3 is 0 Å². The molecule has 1 saturated heterocycles. The van der Waals surface area contributed by atoms with Crippen LogP contribution in [0.4, 0.5) is 0 Å².